The summed E-state index contributed by atoms with van der Waals surface area (Å²) in [5, 5.41) is 17.4. The molecule has 7 heteroatoms. The van der Waals surface area contributed by atoms with Gasteiger partial charge >= 0.3 is 0 Å². The van der Waals surface area contributed by atoms with E-state index >= 15 is 0 Å². The van der Waals surface area contributed by atoms with Gasteiger partial charge in [0.15, 0.2) is 0 Å². The number of aliphatic hydroxyl groups excluding tert-OH is 1. The Morgan fingerprint density at radius 3 is 2.44 bits per heavy atom. The van der Waals surface area contributed by atoms with E-state index in [1.54, 1.807) is 12.4 Å². The first-order valence-corrected chi connectivity index (χ1v) is 10.7. The van der Waals surface area contributed by atoms with Crippen LogP contribution in [0.15, 0.2) is 77.9 Å². The van der Waals surface area contributed by atoms with Crippen molar-refractivity contribution in [2.45, 2.75) is 39.0 Å². The topological polar surface area (TPSA) is 88.6 Å². The highest BCUT2D eigenvalue weighted by molar-refractivity contribution is 5.76. The van der Waals surface area contributed by atoms with Crippen molar-refractivity contribution in [1.29, 1.82) is 0 Å². The first kappa shape index (κ1) is 21.5. The summed E-state index contributed by atoms with van der Waals surface area (Å²) in [6, 6.07) is 19.5. The van der Waals surface area contributed by atoms with Crippen molar-refractivity contribution in [3.8, 4) is 11.3 Å². The van der Waals surface area contributed by atoms with Crippen molar-refractivity contribution in [1.82, 2.24) is 19.5 Å². The minimum atomic E-state index is -0.363. The number of amides is 1. The number of nitrogens with zero attached hydrogens (tertiary/aromatic N) is 3. The Labute approximate surface area is 186 Å². The van der Waals surface area contributed by atoms with Crippen LogP contribution in [0.4, 0.5) is 0 Å². The van der Waals surface area contributed by atoms with E-state index in [1.165, 1.54) is 14.6 Å². The molecular formula is C25H26N4O3. The number of benzene rings is 2. The largest absolute Gasteiger partial charge is 0.392 e. The van der Waals surface area contributed by atoms with Gasteiger partial charge in [-0.2, -0.15) is 5.10 Å². The molecule has 2 heterocycles. The van der Waals surface area contributed by atoms with Crippen molar-refractivity contribution >= 4 is 11.4 Å². The summed E-state index contributed by atoms with van der Waals surface area (Å²) in [6.45, 7) is 1.54. The molecule has 4 rings (SSSR count). The molecule has 0 saturated heterocycles. The molecule has 32 heavy (non-hydrogen) atoms. The van der Waals surface area contributed by atoms with Gasteiger partial charge in [-0.25, -0.2) is 4.52 Å². The van der Waals surface area contributed by atoms with Crippen molar-refractivity contribution in [3.63, 3.8) is 0 Å². The highest BCUT2D eigenvalue weighted by atomic mass is 16.3. The fourth-order valence-electron chi connectivity index (χ4n) is 3.83. The third-order valence-corrected chi connectivity index (χ3v) is 5.50. The van der Waals surface area contributed by atoms with Crippen molar-refractivity contribution in [3.05, 3.63) is 94.5 Å². The molecule has 0 saturated carbocycles. The monoisotopic (exact) mass is 430 g/mol. The van der Waals surface area contributed by atoms with Gasteiger partial charge in [-0.05, 0) is 25.3 Å². The standard InChI is InChI=1S/C25H26N4O3/c1-18(12-13-19-8-4-2-5-9-19)26-22(31)16-28-14-15-29-24(25(28)32)21(17-30)23(27-29)20-10-6-3-7-11-20/h2-11,14-15,18,30H,12-13,16-17H2,1H3,(H,26,31)/t18-/m0/s1. The summed E-state index contributed by atoms with van der Waals surface area (Å²) in [4.78, 5) is 25.7. The average Bonchev–Trinajstić information content (AvgIpc) is 3.20. The molecule has 2 aromatic heterocycles. The van der Waals surface area contributed by atoms with E-state index in [9.17, 15) is 14.7 Å². The number of aryl methyl sites for hydroxylation is 1. The second kappa shape index (κ2) is 9.62. The summed E-state index contributed by atoms with van der Waals surface area (Å²) < 4.78 is 2.82. The molecule has 2 N–H and O–H groups in total. The van der Waals surface area contributed by atoms with Gasteiger partial charge in [-0.3, -0.25) is 9.59 Å². The molecule has 2 aromatic carbocycles. The summed E-state index contributed by atoms with van der Waals surface area (Å²) in [7, 11) is 0. The molecule has 0 aliphatic rings. The highest BCUT2D eigenvalue weighted by Gasteiger charge is 2.18. The van der Waals surface area contributed by atoms with E-state index in [-0.39, 0.29) is 36.2 Å². The lowest BCUT2D eigenvalue weighted by atomic mass is 10.1. The van der Waals surface area contributed by atoms with Crippen LogP contribution in [-0.4, -0.2) is 31.2 Å². The number of rotatable bonds is 8. The molecule has 0 unspecified atom stereocenters. The third-order valence-electron chi connectivity index (χ3n) is 5.50. The maximum absolute atomic E-state index is 13.1. The molecular weight excluding hydrogens is 404 g/mol. The summed E-state index contributed by atoms with van der Waals surface area (Å²) in [5.41, 5.74) is 2.96. The molecule has 0 fully saturated rings. The molecule has 1 amide bonds. The second-order valence-corrected chi connectivity index (χ2v) is 7.87. The van der Waals surface area contributed by atoms with Crippen LogP contribution in [0.2, 0.25) is 0 Å². The van der Waals surface area contributed by atoms with E-state index in [0.29, 0.717) is 11.3 Å². The number of hydrogen-bond acceptors (Lipinski definition) is 4. The normalized spacial score (nSPS) is 12.1. The second-order valence-electron chi connectivity index (χ2n) is 7.87. The molecule has 1 atom stereocenters. The molecule has 0 aliphatic heterocycles. The van der Waals surface area contributed by atoms with Gasteiger partial charge < -0.3 is 15.0 Å². The minimum absolute atomic E-state index is 0.0187. The number of aliphatic hydroxyl groups is 1. The maximum Gasteiger partial charge on any atom is 0.277 e. The Morgan fingerprint density at radius 1 is 1.06 bits per heavy atom. The zero-order chi connectivity index (χ0) is 22.5. The van der Waals surface area contributed by atoms with Crippen LogP contribution in [0.3, 0.4) is 0 Å². The first-order valence-electron chi connectivity index (χ1n) is 10.7. The van der Waals surface area contributed by atoms with Crippen LogP contribution < -0.4 is 10.9 Å². The molecule has 7 nitrogen and oxygen atoms in total. The number of carbonyl (C=O) groups excluding carboxylic acids is 1. The predicted octanol–water partition coefficient (Wildman–Crippen LogP) is 2.79. The Bertz CT molecular complexity index is 1260. The van der Waals surface area contributed by atoms with Gasteiger partial charge in [0.2, 0.25) is 5.91 Å². The number of fused-ring (bicyclic) bond motifs is 1. The Morgan fingerprint density at radius 2 is 1.75 bits per heavy atom. The molecule has 0 bridgehead atoms. The van der Waals surface area contributed by atoms with E-state index in [2.05, 4.69) is 22.5 Å². The Balaban J connectivity index is 1.50. The van der Waals surface area contributed by atoms with Gasteiger partial charge in [0.25, 0.3) is 5.56 Å². The first-order chi connectivity index (χ1) is 15.6. The smallest absolute Gasteiger partial charge is 0.277 e. The summed E-state index contributed by atoms with van der Waals surface area (Å²) >= 11 is 0. The number of carbonyl (C=O) groups is 1. The molecule has 0 spiro atoms. The zero-order valence-corrected chi connectivity index (χ0v) is 17.9. The lowest BCUT2D eigenvalue weighted by molar-refractivity contribution is -0.122. The van der Waals surface area contributed by atoms with Crippen molar-refractivity contribution in [2.24, 2.45) is 0 Å². The van der Waals surface area contributed by atoms with E-state index in [1.807, 2.05) is 55.5 Å². The van der Waals surface area contributed by atoms with Crippen LogP contribution >= 0.6 is 0 Å². The Kier molecular flexibility index (Phi) is 6.47. The minimum Gasteiger partial charge on any atom is -0.392 e. The van der Waals surface area contributed by atoms with Gasteiger partial charge in [0, 0.05) is 29.6 Å². The molecule has 164 valence electrons. The highest BCUT2D eigenvalue weighted by Crippen LogP contribution is 2.24. The SMILES string of the molecule is C[C@@H](CCc1ccccc1)NC(=O)Cn1ccn2nc(-c3ccccc3)c(CO)c2c1=O. The van der Waals surface area contributed by atoms with Crippen LogP contribution in [0.25, 0.3) is 16.8 Å². The maximum atomic E-state index is 13.1. The van der Waals surface area contributed by atoms with Crippen LogP contribution in [-0.2, 0) is 24.4 Å². The van der Waals surface area contributed by atoms with Gasteiger partial charge in [0.05, 0.1) is 12.3 Å². The van der Waals surface area contributed by atoms with E-state index < -0.39 is 0 Å². The van der Waals surface area contributed by atoms with Crippen molar-refractivity contribution < 1.29 is 9.90 Å². The lowest BCUT2D eigenvalue weighted by Crippen LogP contribution is -2.37. The number of nitrogens with one attached hydrogen (secondary N) is 1. The summed E-state index contributed by atoms with van der Waals surface area (Å²) in [5.74, 6) is -0.231. The van der Waals surface area contributed by atoms with Crippen molar-refractivity contribution in [2.75, 3.05) is 0 Å². The fraction of sp³-hybridized carbons (Fsp3) is 0.240. The zero-order valence-electron chi connectivity index (χ0n) is 17.9. The van der Waals surface area contributed by atoms with Gasteiger partial charge in [-0.15, -0.1) is 0 Å². The van der Waals surface area contributed by atoms with Crippen LogP contribution in [0, 0.1) is 0 Å². The van der Waals surface area contributed by atoms with Crippen LogP contribution in [0.1, 0.15) is 24.5 Å². The lowest BCUT2D eigenvalue weighted by Gasteiger charge is -2.14. The molecule has 0 radical (unpaired) electrons. The quantitative estimate of drug-likeness (QED) is 0.450. The average molecular weight is 431 g/mol. The summed E-state index contributed by atoms with van der Waals surface area (Å²) in [6.07, 6.45) is 4.86. The Hall–Kier alpha value is -3.71. The predicted molar refractivity (Wildman–Crippen MR) is 123 cm³/mol. The molecule has 4 aromatic rings. The molecule has 0 aliphatic carbocycles. The number of hydrogen-bond donors (Lipinski definition) is 2. The third kappa shape index (κ3) is 4.63. The fourth-order valence-corrected chi connectivity index (χ4v) is 3.83. The van der Waals surface area contributed by atoms with Crippen LogP contribution in [0.5, 0.6) is 0 Å². The van der Waals surface area contributed by atoms with E-state index in [0.717, 1.165) is 18.4 Å². The number of aromatic nitrogens is 3. The van der Waals surface area contributed by atoms with E-state index in [4.69, 9.17) is 0 Å². The van der Waals surface area contributed by atoms with Gasteiger partial charge in [0.1, 0.15) is 12.1 Å². The van der Waals surface area contributed by atoms with Gasteiger partial charge in [-0.1, -0.05) is 60.7 Å².